The predicted molar refractivity (Wildman–Crippen MR) is 59.8 cm³/mol. The second-order valence-corrected chi connectivity index (χ2v) is 3.86. The smallest absolute Gasteiger partial charge is 0.336 e. The molecule has 2 heterocycles. The molecule has 0 radical (unpaired) electrons. The van der Waals surface area contributed by atoms with E-state index in [0.29, 0.717) is 24.1 Å². The van der Waals surface area contributed by atoms with Gasteiger partial charge in [-0.3, -0.25) is 14.5 Å². The number of carbonyl (C=O) groups is 2. The molecule has 0 atom stereocenters. The van der Waals surface area contributed by atoms with Crippen LogP contribution in [0.25, 0.3) is 0 Å². The van der Waals surface area contributed by atoms with Crippen molar-refractivity contribution in [2.45, 2.75) is 26.7 Å². The number of nitrogens with zero attached hydrogens (tertiary/aromatic N) is 1. The molecule has 5 heteroatoms. The van der Waals surface area contributed by atoms with Gasteiger partial charge in [0.15, 0.2) is 0 Å². The molecule has 0 fully saturated rings. The van der Waals surface area contributed by atoms with Gasteiger partial charge < -0.3 is 4.42 Å². The van der Waals surface area contributed by atoms with E-state index >= 15 is 0 Å². The van der Waals surface area contributed by atoms with Crippen molar-refractivity contribution in [1.29, 1.82) is 0 Å². The fourth-order valence-electron chi connectivity index (χ4n) is 2.06. The van der Waals surface area contributed by atoms with Crippen LogP contribution in [-0.4, -0.2) is 23.3 Å². The largest absolute Gasteiger partial charge is 0.426 e. The van der Waals surface area contributed by atoms with Crippen LogP contribution in [0.1, 0.15) is 35.5 Å². The zero-order valence-corrected chi connectivity index (χ0v) is 9.78. The molecule has 1 aliphatic rings. The van der Waals surface area contributed by atoms with Crippen molar-refractivity contribution in [1.82, 2.24) is 4.90 Å². The summed E-state index contributed by atoms with van der Waals surface area (Å²) in [6.07, 6.45) is 0.545. The Morgan fingerprint density at radius 3 is 2.59 bits per heavy atom. The van der Waals surface area contributed by atoms with Crippen LogP contribution in [-0.2, 0) is 17.6 Å². The lowest BCUT2D eigenvalue weighted by molar-refractivity contribution is -0.128. The lowest BCUT2D eigenvalue weighted by Gasteiger charge is -2.25. The highest BCUT2D eigenvalue weighted by atomic mass is 16.4. The normalized spacial score (nSPS) is 15.1. The molecule has 0 saturated heterocycles. The Kier molecular flexibility index (Phi) is 2.83. The van der Waals surface area contributed by atoms with Crippen LogP contribution in [0.3, 0.4) is 0 Å². The third kappa shape index (κ3) is 1.77. The minimum Gasteiger partial charge on any atom is -0.426 e. The quantitative estimate of drug-likeness (QED) is 0.709. The minimum atomic E-state index is -0.508. The molecule has 0 N–H and O–H groups in total. The summed E-state index contributed by atoms with van der Waals surface area (Å²) in [6, 6.07) is 1.32. The summed E-state index contributed by atoms with van der Waals surface area (Å²) in [5.74, 6) is -0.477. The lowest BCUT2D eigenvalue weighted by Crippen LogP contribution is -2.43. The maximum Gasteiger partial charge on any atom is 0.336 e. The van der Waals surface area contributed by atoms with E-state index in [0.717, 1.165) is 0 Å². The molecule has 17 heavy (non-hydrogen) atoms. The molecule has 1 aromatic rings. The van der Waals surface area contributed by atoms with Crippen LogP contribution < -0.4 is 5.63 Å². The first kappa shape index (κ1) is 11.6. The van der Waals surface area contributed by atoms with E-state index in [4.69, 9.17) is 4.42 Å². The molecule has 0 unspecified atom stereocenters. The topological polar surface area (TPSA) is 67.6 Å². The molecule has 2 amide bonds. The number of amides is 2. The van der Waals surface area contributed by atoms with Crippen molar-refractivity contribution in [3.05, 3.63) is 33.4 Å². The average Bonchev–Trinajstić information content (AvgIpc) is 2.27. The van der Waals surface area contributed by atoms with E-state index in [1.807, 2.05) is 6.92 Å². The first-order valence-electron chi connectivity index (χ1n) is 5.59. The van der Waals surface area contributed by atoms with Gasteiger partial charge in [-0.2, -0.15) is 0 Å². The van der Waals surface area contributed by atoms with E-state index in [1.165, 1.54) is 11.0 Å². The van der Waals surface area contributed by atoms with Gasteiger partial charge in [0.1, 0.15) is 5.76 Å². The Morgan fingerprint density at radius 2 is 2.00 bits per heavy atom. The lowest BCUT2D eigenvalue weighted by atomic mass is 9.99. The fraction of sp³-hybridized carbons (Fsp3) is 0.417. The van der Waals surface area contributed by atoms with E-state index < -0.39 is 5.63 Å². The molecule has 0 spiro atoms. The van der Waals surface area contributed by atoms with Gasteiger partial charge >= 0.3 is 5.63 Å². The van der Waals surface area contributed by atoms with E-state index in [2.05, 4.69) is 0 Å². The number of likely N-dealkylation sites (N-methyl/N-ethyl adjacent to an activating group) is 1. The van der Waals surface area contributed by atoms with Crippen LogP contribution in [0.2, 0.25) is 0 Å². The molecular weight excluding hydrogens is 222 g/mol. The molecule has 1 aliphatic heterocycles. The fourth-order valence-corrected chi connectivity index (χ4v) is 2.06. The summed E-state index contributed by atoms with van der Waals surface area (Å²) in [5.41, 5.74) is 0.520. The summed E-state index contributed by atoms with van der Waals surface area (Å²) in [5, 5.41) is 0. The van der Waals surface area contributed by atoms with Crippen molar-refractivity contribution < 1.29 is 14.0 Å². The number of aryl methyl sites for hydroxylation is 1. The zero-order chi connectivity index (χ0) is 12.6. The first-order chi connectivity index (χ1) is 8.08. The highest BCUT2D eigenvalue weighted by Crippen LogP contribution is 2.22. The molecule has 0 aliphatic carbocycles. The average molecular weight is 235 g/mol. The van der Waals surface area contributed by atoms with Crippen molar-refractivity contribution in [2.24, 2.45) is 0 Å². The predicted octanol–water partition coefficient (Wildman–Crippen LogP) is 0.747. The number of fused-ring (bicyclic) bond motifs is 1. The van der Waals surface area contributed by atoms with Gasteiger partial charge in [-0.1, -0.05) is 6.92 Å². The molecule has 0 bridgehead atoms. The maximum absolute atomic E-state index is 12.1. The van der Waals surface area contributed by atoms with Crippen LogP contribution in [0.5, 0.6) is 0 Å². The van der Waals surface area contributed by atoms with Gasteiger partial charge in [-0.25, -0.2) is 4.79 Å². The number of carbonyl (C=O) groups excluding carboxylic acids is 2. The molecule has 1 aromatic heterocycles. The first-order valence-corrected chi connectivity index (χ1v) is 5.59. The van der Waals surface area contributed by atoms with E-state index in [-0.39, 0.29) is 24.0 Å². The summed E-state index contributed by atoms with van der Waals surface area (Å²) in [7, 11) is 0. The van der Waals surface area contributed by atoms with E-state index in [1.54, 1.807) is 6.92 Å². The number of hydrogen-bond acceptors (Lipinski definition) is 4. The van der Waals surface area contributed by atoms with Crippen molar-refractivity contribution in [2.75, 3.05) is 6.54 Å². The number of imide groups is 1. The SMILES string of the molecule is CCc1cc(=O)oc2c1C(=O)N(CC)C(=O)C2. The van der Waals surface area contributed by atoms with Crippen molar-refractivity contribution in [3.63, 3.8) is 0 Å². The van der Waals surface area contributed by atoms with Crippen LogP contribution in [0.15, 0.2) is 15.3 Å². The van der Waals surface area contributed by atoms with Gasteiger partial charge in [-0.05, 0) is 18.9 Å². The summed E-state index contributed by atoms with van der Waals surface area (Å²) in [4.78, 5) is 36.2. The molecule has 0 aromatic carbocycles. The second-order valence-electron chi connectivity index (χ2n) is 3.86. The summed E-state index contributed by atoms with van der Waals surface area (Å²) < 4.78 is 4.95. The van der Waals surface area contributed by atoms with Gasteiger partial charge in [0, 0.05) is 12.6 Å². The van der Waals surface area contributed by atoms with Gasteiger partial charge in [0.2, 0.25) is 5.91 Å². The Bertz CT molecular complexity index is 544. The number of rotatable bonds is 2. The summed E-state index contributed by atoms with van der Waals surface area (Å²) in [6.45, 7) is 3.93. The Hall–Kier alpha value is -1.91. The molecule has 0 saturated carbocycles. The third-order valence-electron chi connectivity index (χ3n) is 2.88. The van der Waals surface area contributed by atoms with Crippen LogP contribution in [0.4, 0.5) is 0 Å². The Morgan fingerprint density at radius 1 is 1.29 bits per heavy atom. The van der Waals surface area contributed by atoms with Crippen molar-refractivity contribution >= 4 is 11.8 Å². The van der Waals surface area contributed by atoms with Gasteiger partial charge in [0.05, 0.1) is 12.0 Å². The molecular formula is C12H13NO4. The molecule has 5 nitrogen and oxygen atoms in total. The highest BCUT2D eigenvalue weighted by molar-refractivity contribution is 6.09. The molecule has 90 valence electrons. The second kappa shape index (κ2) is 4.16. The Labute approximate surface area is 98.0 Å². The van der Waals surface area contributed by atoms with E-state index in [9.17, 15) is 14.4 Å². The van der Waals surface area contributed by atoms with Gasteiger partial charge in [0.25, 0.3) is 5.91 Å². The summed E-state index contributed by atoms with van der Waals surface area (Å²) >= 11 is 0. The molecule has 2 rings (SSSR count). The van der Waals surface area contributed by atoms with Gasteiger partial charge in [-0.15, -0.1) is 0 Å². The monoisotopic (exact) mass is 235 g/mol. The van der Waals surface area contributed by atoms with Crippen LogP contribution >= 0.6 is 0 Å². The van der Waals surface area contributed by atoms with Crippen LogP contribution in [0, 0.1) is 0 Å². The highest BCUT2D eigenvalue weighted by Gasteiger charge is 2.33. The van der Waals surface area contributed by atoms with Crippen molar-refractivity contribution in [3.8, 4) is 0 Å². The maximum atomic E-state index is 12.1. The Balaban J connectivity index is 2.65. The standard InChI is InChI=1S/C12H13NO4/c1-3-7-5-10(15)17-8-6-9(14)13(4-2)12(16)11(7)8/h5H,3-4,6H2,1-2H3. The third-order valence-corrected chi connectivity index (χ3v) is 2.88. The minimum absolute atomic E-state index is 0.0159. The zero-order valence-electron chi connectivity index (χ0n) is 9.78. The number of hydrogen-bond donors (Lipinski definition) is 0.